The van der Waals surface area contributed by atoms with E-state index in [9.17, 15) is 0 Å². The largest absolute Gasteiger partial charge is 0.456 e. The molecule has 55 heavy (non-hydrogen) atoms. The van der Waals surface area contributed by atoms with E-state index in [2.05, 4.69) is 164 Å². The maximum atomic E-state index is 6.33. The van der Waals surface area contributed by atoms with Crippen LogP contribution in [0.4, 0.5) is 0 Å². The molecule has 0 atom stereocenters. The molecule has 0 N–H and O–H groups in total. The summed E-state index contributed by atoms with van der Waals surface area (Å²) in [7, 11) is 0. The number of aromatic nitrogens is 2. The van der Waals surface area contributed by atoms with E-state index in [1.165, 1.54) is 37.9 Å². The molecule has 9 aromatic carbocycles. The topological polar surface area (TPSA) is 38.9 Å². The zero-order chi connectivity index (χ0) is 36.3. The van der Waals surface area contributed by atoms with Crippen LogP contribution in [0.1, 0.15) is 0 Å². The Balaban J connectivity index is 1.18. The van der Waals surface area contributed by atoms with Crippen LogP contribution < -0.4 is 0 Å². The van der Waals surface area contributed by atoms with Crippen molar-refractivity contribution in [3.63, 3.8) is 0 Å². The monoisotopic (exact) mass is 700 g/mol. The fourth-order valence-electron chi connectivity index (χ4n) is 8.41. The summed E-state index contributed by atoms with van der Waals surface area (Å²) in [4.78, 5) is 10.7. The molecular weight excluding hydrogens is 669 g/mol. The van der Waals surface area contributed by atoms with Gasteiger partial charge in [-0.2, -0.15) is 0 Å². The third kappa shape index (κ3) is 5.13. The van der Waals surface area contributed by atoms with Crippen LogP contribution in [0.15, 0.2) is 199 Å². The van der Waals surface area contributed by atoms with E-state index in [4.69, 9.17) is 14.4 Å². The first-order valence-electron chi connectivity index (χ1n) is 18.7. The molecule has 3 heteroatoms. The van der Waals surface area contributed by atoms with Gasteiger partial charge in [-0.1, -0.05) is 170 Å². The second-order valence-electron chi connectivity index (χ2n) is 14.1. The highest BCUT2D eigenvalue weighted by Gasteiger charge is 2.21. The minimum Gasteiger partial charge on any atom is -0.456 e. The SMILES string of the molecule is c1ccc(-c2nc(-c3ccccc3-c3c4ccccc4cc4c3ccc3ccccc34)cc(-c3ccccc3-c3cccc4oc5ccccc5c34)n2)cc1. The lowest BCUT2D eigenvalue weighted by molar-refractivity contribution is 0.669. The van der Waals surface area contributed by atoms with Crippen LogP contribution in [0, 0.1) is 0 Å². The Bertz CT molecular complexity index is 3270. The van der Waals surface area contributed by atoms with Gasteiger partial charge in [0.1, 0.15) is 11.2 Å². The van der Waals surface area contributed by atoms with Gasteiger partial charge in [-0.3, -0.25) is 0 Å². The van der Waals surface area contributed by atoms with E-state index in [0.29, 0.717) is 5.82 Å². The Kier molecular flexibility index (Phi) is 7.17. The molecule has 0 aliphatic carbocycles. The molecule has 11 aromatic rings. The molecule has 0 radical (unpaired) electrons. The highest BCUT2D eigenvalue weighted by atomic mass is 16.3. The van der Waals surface area contributed by atoms with Crippen LogP contribution in [0.25, 0.3) is 110 Å². The average molecular weight is 701 g/mol. The molecule has 256 valence electrons. The van der Waals surface area contributed by atoms with Crippen molar-refractivity contribution in [3.05, 3.63) is 194 Å². The highest BCUT2D eigenvalue weighted by molar-refractivity contribution is 6.21. The first-order chi connectivity index (χ1) is 27.3. The molecule has 3 nitrogen and oxygen atoms in total. The summed E-state index contributed by atoms with van der Waals surface area (Å²) >= 11 is 0. The molecule has 0 aliphatic rings. The van der Waals surface area contributed by atoms with Crippen molar-refractivity contribution in [3.8, 4) is 56.2 Å². The summed E-state index contributed by atoms with van der Waals surface area (Å²) < 4.78 is 6.33. The number of hydrogen-bond acceptors (Lipinski definition) is 3. The molecule has 0 unspecified atom stereocenters. The Morgan fingerprint density at radius 1 is 0.327 bits per heavy atom. The second-order valence-corrected chi connectivity index (χ2v) is 14.1. The van der Waals surface area contributed by atoms with Gasteiger partial charge < -0.3 is 4.42 Å². The molecule has 2 heterocycles. The van der Waals surface area contributed by atoms with Crippen LogP contribution in [0.2, 0.25) is 0 Å². The van der Waals surface area contributed by atoms with Crippen molar-refractivity contribution < 1.29 is 4.42 Å². The lowest BCUT2D eigenvalue weighted by Gasteiger charge is -2.18. The normalized spacial score (nSPS) is 11.6. The lowest BCUT2D eigenvalue weighted by Crippen LogP contribution is -1.98. The smallest absolute Gasteiger partial charge is 0.160 e. The summed E-state index contributed by atoms with van der Waals surface area (Å²) in [5.74, 6) is 0.679. The zero-order valence-corrected chi connectivity index (χ0v) is 29.8. The number of nitrogens with zero attached hydrogens (tertiary/aromatic N) is 2. The Hall–Kier alpha value is -7.36. The quantitative estimate of drug-likeness (QED) is 0.133. The molecule has 0 aliphatic heterocycles. The van der Waals surface area contributed by atoms with Gasteiger partial charge in [-0.05, 0) is 78.8 Å². The van der Waals surface area contributed by atoms with Crippen molar-refractivity contribution in [1.29, 1.82) is 0 Å². The number of fused-ring (bicyclic) bond motifs is 7. The molecule has 11 rings (SSSR count). The Morgan fingerprint density at radius 3 is 1.71 bits per heavy atom. The van der Waals surface area contributed by atoms with Gasteiger partial charge in [0.2, 0.25) is 0 Å². The van der Waals surface area contributed by atoms with Crippen LogP contribution in [-0.4, -0.2) is 9.97 Å². The van der Waals surface area contributed by atoms with E-state index < -0.39 is 0 Å². The van der Waals surface area contributed by atoms with Crippen molar-refractivity contribution in [2.75, 3.05) is 0 Å². The molecule has 0 saturated heterocycles. The summed E-state index contributed by atoms with van der Waals surface area (Å²) in [5, 5.41) is 9.55. The maximum absolute atomic E-state index is 6.33. The van der Waals surface area contributed by atoms with Gasteiger partial charge in [0.15, 0.2) is 5.82 Å². The zero-order valence-electron chi connectivity index (χ0n) is 29.8. The average Bonchev–Trinajstić information content (AvgIpc) is 3.65. The van der Waals surface area contributed by atoms with E-state index in [1.54, 1.807) is 0 Å². The summed E-state index contributed by atoms with van der Waals surface area (Å²) in [5.41, 5.74) is 11.0. The second kappa shape index (κ2) is 12.6. The van der Waals surface area contributed by atoms with E-state index in [0.717, 1.165) is 66.7 Å². The standard InChI is InChI=1S/C52H32N2O/c1-2-16-34(17-3-1)52-53-46(39-22-9-8-21-38(39)41-26-14-28-49-51(41)44-25-12-13-27-48(44)55-49)32-47(54-52)40-23-10-11-24-42(40)50-37-20-7-5-18-35(37)31-45-36-19-6-4-15-33(36)29-30-43(45)50/h1-32H. The first-order valence-corrected chi connectivity index (χ1v) is 18.7. The van der Waals surface area contributed by atoms with Crippen molar-refractivity contribution in [2.24, 2.45) is 0 Å². The highest BCUT2D eigenvalue weighted by Crippen LogP contribution is 2.45. The minimum absolute atomic E-state index is 0.679. The van der Waals surface area contributed by atoms with Crippen molar-refractivity contribution in [1.82, 2.24) is 9.97 Å². The van der Waals surface area contributed by atoms with Gasteiger partial charge >= 0.3 is 0 Å². The summed E-state index contributed by atoms with van der Waals surface area (Å²) in [6.07, 6.45) is 0. The summed E-state index contributed by atoms with van der Waals surface area (Å²) in [6, 6.07) is 68.6. The minimum atomic E-state index is 0.679. The van der Waals surface area contributed by atoms with E-state index >= 15 is 0 Å². The number of para-hydroxylation sites is 1. The molecular formula is C52H32N2O. The molecule has 0 amide bonds. The molecule has 2 aromatic heterocycles. The lowest BCUT2D eigenvalue weighted by atomic mass is 9.87. The maximum Gasteiger partial charge on any atom is 0.160 e. The first kappa shape index (κ1) is 31.2. The third-order valence-corrected chi connectivity index (χ3v) is 10.9. The molecule has 0 spiro atoms. The van der Waals surface area contributed by atoms with Gasteiger partial charge in [0, 0.05) is 27.5 Å². The van der Waals surface area contributed by atoms with Gasteiger partial charge in [0.05, 0.1) is 11.4 Å². The fourth-order valence-corrected chi connectivity index (χ4v) is 8.41. The predicted octanol–water partition coefficient (Wildman–Crippen LogP) is 14.2. The number of hydrogen-bond donors (Lipinski definition) is 0. The summed E-state index contributed by atoms with van der Waals surface area (Å²) in [6.45, 7) is 0. The third-order valence-electron chi connectivity index (χ3n) is 10.9. The number of furan rings is 1. The van der Waals surface area contributed by atoms with Crippen molar-refractivity contribution >= 4 is 54.3 Å². The Morgan fingerprint density at radius 2 is 0.909 bits per heavy atom. The Labute approximate surface area is 317 Å². The van der Waals surface area contributed by atoms with Crippen molar-refractivity contribution in [2.45, 2.75) is 0 Å². The van der Waals surface area contributed by atoms with Crippen LogP contribution in [0.5, 0.6) is 0 Å². The van der Waals surface area contributed by atoms with E-state index in [1.807, 2.05) is 30.3 Å². The molecule has 0 bridgehead atoms. The van der Waals surface area contributed by atoms with Gasteiger partial charge in [-0.15, -0.1) is 0 Å². The molecule has 0 saturated carbocycles. The molecule has 0 fully saturated rings. The van der Waals surface area contributed by atoms with Crippen LogP contribution >= 0.6 is 0 Å². The van der Waals surface area contributed by atoms with Gasteiger partial charge in [0.25, 0.3) is 0 Å². The predicted molar refractivity (Wildman–Crippen MR) is 229 cm³/mol. The van der Waals surface area contributed by atoms with Crippen LogP contribution in [0.3, 0.4) is 0 Å². The number of rotatable bonds is 5. The van der Waals surface area contributed by atoms with Crippen LogP contribution in [-0.2, 0) is 0 Å². The number of benzene rings is 9. The fraction of sp³-hybridized carbons (Fsp3) is 0. The van der Waals surface area contributed by atoms with Gasteiger partial charge in [-0.25, -0.2) is 9.97 Å². The van der Waals surface area contributed by atoms with E-state index in [-0.39, 0.29) is 0 Å².